The summed E-state index contributed by atoms with van der Waals surface area (Å²) >= 11 is 0. The van der Waals surface area contributed by atoms with Gasteiger partial charge in [-0.05, 0) is 62.1 Å². The number of imidazole rings is 1. The summed E-state index contributed by atoms with van der Waals surface area (Å²) in [6.07, 6.45) is 5.66. The first-order valence-corrected chi connectivity index (χ1v) is 12.6. The number of rotatable bonds is 5. The van der Waals surface area contributed by atoms with Crippen molar-refractivity contribution in [3.8, 4) is 34.5 Å². The number of benzene rings is 2. The Labute approximate surface area is 212 Å². The molecule has 2 N–H and O–H groups in total. The highest BCUT2D eigenvalue weighted by Crippen LogP contribution is 2.38. The largest absolute Gasteiger partial charge is 0.508 e. The zero-order valence-electron chi connectivity index (χ0n) is 20.1. The monoisotopic (exact) mass is 498 g/mol. The van der Waals surface area contributed by atoms with Gasteiger partial charge >= 0.3 is 0 Å². The minimum absolute atomic E-state index is 0.0940. The molecule has 4 heterocycles. The average molecular weight is 499 g/mol. The van der Waals surface area contributed by atoms with Gasteiger partial charge in [0.15, 0.2) is 11.5 Å². The summed E-state index contributed by atoms with van der Waals surface area (Å²) in [6.45, 7) is 1.68. The summed E-state index contributed by atoms with van der Waals surface area (Å²) in [6, 6.07) is 12.7. The van der Waals surface area contributed by atoms with Crippen molar-refractivity contribution in [2.75, 3.05) is 25.2 Å². The van der Waals surface area contributed by atoms with E-state index in [1.165, 1.54) is 0 Å². The molecule has 37 heavy (non-hydrogen) atoms. The Bertz CT molecular complexity index is 1510. The van der Waals surface area contributed by atoms with E-state index in [9.17, 15) is 9.90 Å². The summed E-state index contributed by atoms with van der Waals surface area (Å²) in [5.41, 5.74) is 2.27. The Hall–Kier alpha value is -4.34. The van der Waals surface area contributed by atoms with E-state index in [-0.39, 0.29) is 30.4 Å². The van der Waals surface area contributed by atoms with Crippen molar-refractivity contribution in [3.63, 3.8) is 0 Å². The summed E-state index contributed by atoms with van der Waals surface area (Å²) < 4.78 is 13.0. The number of hydrogen-bond donors (Lipinski definition) is 2. The molecule has 3 aliphatic rings. The van der Waals surface area contributed by atoms with Crippen LogP contribution in [0.3, 0.4) is 0 Å². The lowest BCUT2D eigenvalue weighted by Crippen LogP contribution is -2.45. The van der Waals surface area contributed by atoms with Gasteiger partial charge in [0, 0.05) is 42.9 Å². The second-order valence-corrected chi connectivity index (χ2v) is 9.79. The highest BCUT2D eigenvalue weighted by atomic mass is 16.7. The number of hydrogen-bond acceptors (Lipinski definition) is 8. The molecule has 4 aromatic rings. The quantitative estimate of drug-likeness (QED) is 0.428. The van der Waals surface area contributed by atoms with E-state index in [4.69, 9.17) is 19.4 Å². The first kappa shape index (κ1) is 21.9. The Kier molecular flexibility index (Phi) is 5.12. The Morgan fingerprint density at radius 3 is 2.81 bits per heavy atom. The number of aromatic nitrogens is 4. The highest BCUT2D eigenvalue weighted by molar-refractivity contribution is 5.84. The second kappa shape index (κ2) is 8.65. The van der Waals surface area contributed by atoms with Gasteiger partial charge in [-0.1, -0.05) is 0 Å². The van der Waals surface area contributed by atoms with Crippen LogP contribution >= 0.6 is 0 Å². The van der Waals surface area contributed by atoms with Gasteiger partial charge in [-0.25, -0.2) is 9.97 Å². The van der Waals surface area contributed by atoms with Crippen LogP contribution in [0.15, 0.2) is 48.7 Å². The minimum atomic E-state index is 0.0940. The molecule has 2 fully saturated rings. The van der Waals surface area contributed by atoms with E-state index >= 15 is 0 Å². The Morgan fingerprint density at radius 1 is 1.03 bits per heavy atom. The fourth-order valence-corrected chi connectivity index (χ4v) is 5.14. The van der Waals surface area contributed by atoms with E-state index in [0.717, 1.165) is 43.3 Å². The molecule has 188 valence electrons. The molecule has 2 aromatic carbocycles. The third kappa shape index (κ3) is 4.08. The molecule has 10 heteroatoms. The van der Waals surface area contributed by atoms with Crippen molar-refractivity contribution >= 4 is 22.9 Å². The number of likely N-dealkylation sites (tertiary alicyclic amines) is 1. The van der Waals surface area contributed by atoms with Crippen LogP contribution in [0.5, 0.6) is 17.2 Å². The molecule has 1 saturated heterocycles. The highest BCUT2D eigenvalue weighted by Gasteiger charge is 2.35. The van der Waals surface area contributed by atoms with Gasteiger partial charge in [-0.3, -0.25) is 9.36 Å². The van der Waals surface area contributed by atoms with Crippen LogP contribution in [0.25, 0.3) is 28.2 Å². The number of fused-ring (bicyclic) bond motifs is 2. The molecule has 1 saturated carbocycles. The predicted molar refractivity (Wildman–Crippen MR) is 136 cm³/mol. The van der Waals surface area contributed by atoms with Gasteiger partial charge < -0.3 is 24.8 Å². The van der Waals surface area contributed by atoms with Gasteiger partial charge in [-0.2, -0.15) is 4.98 Å². The van der Waals surface area contributed by atoms with E-state index in [2.05, 4.69) is 10.3 Å². The summed E-state index contributed by atoms with van der Waals surface area (Å²) in [4.78, 5) is 28.7. The molecule has 1 atom stereocenters. The summed E-state index contributed by atoms with van der Waals surface area (Å²) in [5.74, 6) is 3.79. The molecule has 0 spiro atoms. The van der Waals surface area contributed by atoms with Crippen LogP contribution in [-0.2, 0) is 4.79 Å². The maximum absolute atomic E-state index is 12.6. The molecule has 10 nitrogen and oxygen atoms in total. The van der Waals surface area contributed by atoms with Crippen LogP contribution in [0.2, 0.25) is 0 Å². The maximum Gasteiger partial charge on any atom is 0.231 e. The summed E-state index contributed by atoms with van der Waals surface area (Å²) in [5, 5.41) is 13.5. The molecule has 1 aliphatic carbocycles. The van der Waals surface area contributed by atoms with Gasteiger partial charge in [0.1, 0.15) is 17.4 Å². The molecule has 1 unspecified atom stereocenters. The average Bonchev–Trinajstić information content (AvgIpc) is 3.54. The van der Waals surface area contributed by atoms with E-state index in [0.29, 0.717) is 41.2 Å². The number of aromatic hydroxyl groups is 1. The third-order valence-corrected chi connectivity index (χ3v) is 7.13. The first-order chi connectivity index (χ1) is 18.1. The Morgan fingerprint density at radius 2 is 1.92 bits per heavy atom. The van der Waals surface area contributed by atoms with Crippen LogP contribution in [-0.4, -0.2) is 61.4 Å². The number of ether oxygens (including phenoxy) is 2. The molecule has 7 rings (SSSR count). The number of carbonyl (C=O) groups excluding carboxylic acids is 1. The van der Waals surface area contributed by atoms with Crippen molar-refractivity contribution < 1.29 is 19.4 Å². The van der Waals surface area contributed by atoms with Crippen molar-refractivity contribution in [2.24, 2.45) is 5.92 Å². The zero-order valence-corrected chi connectivity index (χ0v) is 20.1. The number of nitrogens with one attached hydrogen (secondary N) is 1. The van der Waals surface area contributed by atoms with Gasteiger partial charge in [-0.15, -0.1) is 0 Å². The van der Waals surface area contributed by atoms with Crippen molar-refractivity contribution in [1.82, 2.24) is 24.4 Å². The maximum atomic E-state index is 12.6. The molecule has 0 bridgehead atoms. The van der Waals surface area contributed by atoms with Crippen molar-refractivity contribution in [2.45, 2.75) is 31.7 Å². The SMILES string of the molecule is O=C(C1CC1)N1CCCC(Nc2nccc(-n3c(-c4ccc5c(c4)OCO5)nc4cc(O)ccc43)n2)C1. The van der Waals surface area contributed by atoms with Crippen molar-refractivity contribution in [3.05, 3.63) is 48.7 Å². The second-order valence-electron chi connectivity index (χ2n) is 9.79. The number of nitrogens with zero attached hydrogens (tertiary/aromatic N) is 5. The molecular weight excluding hydrogens is 472 g/mol. The molecule has 0 radical (unpaired) electrons. The van der Waals surface area contributed by atoms with Gasteiger partial charge in [0.25, 0.3) is 0 Å². The smallest absolute Gasteiger partial charge is 0.231 e. The number of phenolic OH excluding ortho intramolecular Hbond substituents is 1. The van der Waals surface area contributed by atoms with Gasteiger partial charge in [0.05, 0.1) is 11.0 Å². The predicted octanol–water partition coefficient (Wildman–Crippen LogP) is 3.73. The van der Waals surface area contributed by atoms with Crippen LogP contribution in [0.1, 0.15) is 25.7 Å². The fourth-order valence-electron chi connectivity index (χ4n) is 5.14. The zero-order chi connectivity index (χ0) is 24.9. The standard InChI is InChI=1S/C27H26N6O4/c34-19-6-7-21-20(13-19)30-25(17-5-8-22-23(12-17)37-15-36-22)33(21)24-9-10-28-27(31-24)29-18-2-1-11-32(14-18)26(35)16-3-4-16/h5-10,12-13,16,18,34H,1-4,11,14-15H2,(H,28,29,31). The number of amides is 1. The lowest BCUT2D eigenvalue weighted by atomic mass is 10.1. The fraction of sp³-hybridized carbons (Fsp3) is 0.333. The topological polar surface area (TPSA) is 115 Å². The summed E-state index contributed by atoms with van der Waals surface area (Å²) in [7, 11) is 0. The van der Waals surface area contributed by atoms with Crippen LogP contribution in [0.4, 0.5) is 5.95 Å². The molecule has 2 aromatic heterocycles. The van der Waals surface area contributed by atoms with E-state index in [1.54, 1.807) is 18.3 Å². The minimum Gasteiger partial charge on any atom is -0.508 e. The molecule has 1 amide bonds. The first-order valence-electron chi connectivity index (χ1n) is 12.6. The molecular formula is C27H26N6O4. The van der Waals surface area contributed by atoms with E-state index in [1.807, 2.05) is 39.8 Å². The lowest BCUT2D eigenvalue weighted by Gasteiger charge is -2.33. The number of anilines is 1. The lowest BCUT2D eigenvalue weighted by molar-refractivity contribution is -0.133. The third-order valence-electron chi connectivity index (χ3n) is 7.13. The number of carbonyl (C=O) groups is 1. The van der Waals surface area contributed by atoms with Crippen molar-refractivity contribution in [1.29, 1.82) is 0 Å². The van der Waals surface area contributed by atoms with E-state index < -0.39 is 0 Å². The van der Waals surface area contributed by atoms with Crippen LogP contribution in [0, 0.1) is 5.92 Å². The Balaban J connectivity index is 1.24. The van der Waals surface area contributed by atoms with Crippen LogP contribution < -0.4 is 14.8 Å². The molecule has 2 aliphatic heterocycles. The van der Waals surface area contributed by atoms with Gasteiger partial charge in [0.2, 0.25) is 18.6 Å². The number of phenols is 1. The normalized spacial score (nSPS) is 18.8. The number of piperidine rings is 1.